The van der Waals surface area contributed by atoms with Gasteiger partial charge in [0.15, 0.2) is 0 Å². The van der Waals surface area contributed by atoms with Crippen molar-refractivity contribution in [1.29, 1.82) is 0 Å². The van der Waals surface area contributed by atoms with Gasteiger partial charge in [0.25, 0.3) is 0 Å². The maximum Gasteiger partial charge on any atom is 0.337 e. The van der Waals surface area contributed by atoms with Crippen LogP contribution in [0.5, 0.6) is 0 Å². The molecule has 3 aromatic rings. The number of benzene rings is 1. The predicted octanol–water partition coefficient (Wildman–Crippen LogP) is 4.11. The Morgan fingerprint density at radius 1 is 1.26 bits per heavy atom. The normalized spacial score (nSPS) is 12.8. The number of ether oxygens (including phenoxy) is 2. The average Bonchev–Trinajstić information content (AvgIpc) is 3.13. The smallest absolute Gasteiger partial charge is 0.337 e. The van der Waals surface area contributed by atoms with Crippen LogP contribution in [0.15, 0.2) is 36.7 Å². The van der Waals surface area contributed by atoms with Crippen LogP contribution in [0.25, 0.3) is 10.9 Å². The van der Waals surface area contributed by atoms with E-state index in [1.165, 1.54) is 13.3 Å². The summed E-state index contributed by atoms with van der Waals surface area (Å²) >= 11 is 0. The Labute approximate surface area is 184 Å². The first kappa shape index (κ1) is 23.1. The van der Waals surface area contributed by atoms with Crippen molar-refractivity contribution in [1.82, 2.24) is 14.8 Å². The molecule has 1 unspecified atom stereocenters. The van der Waals surface area contributed by atoms with Crippen LogP contribution in [0.2, 0.25) is 25.7 Å². The van der Waals surface area contributed by atoms with Crippen molar-refractivity contribution in [3.05, 3.63) is 59.0 Å². The number of hydrogen-bond donors (Lipinski definition) is 1. The van der Waals surface area contributed by atoms with Gasteiger partial charge in [0, 0.05) is 38.9 Å². The zero-order valence-corrected chi connectivity index (χ0v) is 19.9. The van der Waals surface area contributed by atoms with Crippen LogP contribution in [-0.4, -0.2) is 47.6 Å². The highest BCUT2D eigenvalue weighted by atomic mass is 28.3. The fourth-order valence-electron chi connectivity index (χ4n) is 3.36. The molecule has 166 valence electrons. The third-order valence-corrected chi connectivity index (χ3v) is 6.80. The first-order valence-electron chi connectivity index (χ1n) is 10.4. The summed E-state index contributed by atoms with van der Waals surface area (Å²) in [5, 5.41) is 16.3. The molecule has 8 heteroatoms. The SMILES string of the molecule is COC(=O)c1ccnc(C(O)Cc2cc(C)c3nn(COCC[Si](C)(C)C)cc3c2)c1. The van der Waals surface area contributed by atoms with Crippen LogP contribution in [0.3, 0.4) is 0 Å². The van der Waals surface area contributed by atoms with E-state index in [1.54, 1.807) is 12.1 Å². The molecule has 1 N–H and O–H groups in total. The largest absolute Gasteiger partial charge is 0.465 e. The fraction of sp³-hybridized carbons (Fsp3) is 0.435. The van der Waals surface area contributed by atoms with Crippen molar-refractivity contribution in [2.75, 3.05) is 13.7 Å². The molecule has 31 heavy (non-hydrogen) atoms. The minimum atomic E-state index is -1.11. The van der Waals surface area contributed by atoms with Gasteiger partial charge in [0.1, 0.15) is 6.73 Å². The molecule has 0 saturated carbocycles. The van der Waals surface area contributed by atoms with E-state index < -0.39 is 20.1 Å². The highest BCUT2D eigenvalue weighted by Crippen LogP contribution is 2.24. The molecule has 3 rings (SSSR count). The van der Waals surface area contributed by atoms with Crippen molar-refractivity contribution >= 4 is 24.9 Å². The number of hydrogen-bond acceptors (Lipinski definition) is 6. The molecule has 7 nitrogen and oxygen atoms in total. The van der Waals surface area contributed by atoms with Crippen molar-refractivity contribution in [2.24, 2.45) is 0 Å². The zero-order valence-electron chi connectivity index (χ0n) is 18.9. The summed E-state index contributed by atoms with van der Waals surface area (Å²) in [7, 11) is 0.219. The van der Waals surface area contributed by atoms with Gasteiger partial charge in [0.2, 0.25) is 0 Å². The minimum Gasteiger partial charge on any atom is -0.465 e. The second-order valence-corrected chi connectivity index (χ2v) is 14.7. The van der Waals surface area contributed by atoms with Crippen LogP contribution in [0.1, 0.15) is 33.3 Å². The quantitative estimate of drug-likeness (QED) is 0.305. The molecular weight excluding hydrogens is 410 g/mol. The Morgan fingerprint density at radius 3 is 2.74 bits per heavy atom. The number of fused-ring (bicyclic) bond motifs is 1. The van der Waals surface area contributed by atoms with Crippen LogP contribution < -0.4 is 0 Å². The van der Waals surface area contributed by atoms with E-state index in [4.69, 9.17) is 9.47 Å². The molecule has 0 bridgehead atoms. The topological polar surface area (TPSA) is 86.5 Å². The molecule has 1 aromatic carbocycles. The van der Waals surface area contributed by atoms with Crippen molar-refractivity contribution in [3.8, 4) is 0 Å². The highest BCUT2D eigenvalue weighted by molar-refractivity contribution is 6.76. The molecule has 0 radical (unpaired) electrons. The molecule has 0 saturated heterocycles. The Kier molecular flexibility index (Phi) is 7.25. The van der Waals surface area contributed by atoms with Gasteiger partial charge in [-0.05, 0) is 42.3 Å². The third kappa shape index (κ3) is 6.22. The van der Waals surface area contributed by atoms with Crippen molar-refractivity contribution < 1.29 is 19.4 Å². The van der Waals surface area contributed by atoms with E-state index >= 15 is 0 Å². The molecule has 0 fully saturated rings. The summed E-state index contributed by atoms with van der Waals surface area (Å²) in [4.78, 5) is 15.9. The van der Waals surface area contributed by atoms with Crippen molar-refractivity contribution in [2.45, 2.75) is 51.9 Å². The number of aliphatic hydroxyl groups is 1. The predicted molar refractivity (Wildman–Crippen MR) is 123 cm³/mol. The van der Waals surface area contributed by atoms with Gasteiger partial charge in [-0.15, -0.1) is 0 Å². The van der Waals surface area contributed by atoms with Gasteiger partial charge in [-0.3, -0.25) is 4.98 Å². The number of carbonyl (C=O) groups is 1. The summed E-state index contributed by atoms with van der Waals surface area (Å²) in [5.41, 5.74) is 3.75. The van der Waals surface area contributed by atoms with Gasteiger partial charge in [-0.25, -0.2) is 9.48 Å². The molecule has 0 aliphatic heterocycles. The maximum absolute atomic E-state index is 11.7. The Hall–Kier alpha value is -2.55. The number of nitrogens with zero attached hydrogens (tertiary/aromatic N) is 3. The van der Waals surface area contributed by atoms with Crippen LogP contribution in [0, 0.1) is 6.92 Å². The molecule has 0 aliphatic rings. The van der Waals surface area contributed by atoms with Gasteiger partial charge >= 0.3 is 5.97 Å². The van der Waals surface area contributed by atoms with Gasteiger partial charge in [-0.1, -0.05) is 25.7 Å². The lowest BCUT2D eigenvalue weighted by Crippen LogP contribution is -2.22. The summed E-state index contributed by atoms with van der Waals surface area (Å²) in [6.07, 6.45) is 3.03. The number of aliphatic hydroxyl groups excluding tert-OH is 1. The van der Waals surface area contributed by atoms with Crippen molar-refractivity contribution in [3.63, 3.8) is 0 Å². The second-order valence-electron chi connectivity index (χ2n) is 9.05. The van der Waals surface area contributed by atoms with Gasteiger partial charge in [-0.2, -0.15) is 5.10 Å². The van der Waals surface area contributed by atoms with E-state index in [0.29, 0.717) is 24.4 Å². The number of esters is 1. The number of aryl methyl sites for hydroxylation is 1. The zero-order chi connectivity index (χ0) is 22.6. The van der Waals surface area contributed by atoms with E-state index in [0.717, 1.165) is 34.7 Å². The lowest BCUT2D eigenvalue weighted by molar-refractivity contribution is 0.0600. The number of aromatic nitrogens is 3. The van der Waals surface area contributed by atoms with E-state index in [2.05, 4.69) is 29.7 Å². The fourth-order valence-corrected chi connectivity index (χ4v) is 4.12. The lowest BCUT2D eigenvalue weighted by Gasteiger charge is -2.15. The third-order valence-electron chi connectivity index (χ3n) is 5.10. The molecular formula is C23H31N3O4Si. The van der Waals surface area contributed by atoms with Gasteiger partial charge in [0.05, 0.1) is 30.0 Å². The maximum atomic E-state index is 11.7. The summed E-state index contributed by atoms with van der Waals surface area (Å²) in [6, 6.07) is 8.32. The number of methoxy groups -OCH3 is 1. The Morgan fingerprint density at radius 2 is 2.03 bits per heavy atom. The van der Waals surface area contributed by atoms with Crippen LogP contribution in [0.4, 0.5) is 0 Å². The molecule has 2 aromatic heterocycles. The highest BCUT2D eigenvalue weighted by Gasteiger charge is 2.16. The average molecular weight is 442 g/mol. The first-order chi connectivity index (χ1) is 14.7. The Balaban J connectivity index is 1.71. The van der Waals surface area contributed by atoms with E-state index in [1.807, 2.05) is 29.9 Å². The summed E-state index contributed by atoms with van der Waals surface area (Å²) in [5.74, 6) is -0.451. The van der Waals surface area contributed by atoms with Gasteiger partial charge < -0.3 is 14.6 Å². The minimum absolute atomic E-state index is 0.369. The summed E-state index contributed by atoms with van der Waals surface area (Å²) in [6.45, 7) is 10.2. The van der Waals surface area contributed by atoms with E-state index in [9.17, 15) is 9.90 Å². The number of carbonyl (C=O) groups excluding carboxylic acids is 1. The molecule has 0 amide bonds. The second kappa shape index (κ2) is 9.72. The first-order valence-corrected chi connectivity index (χ1v) is 14.1. The summed E-state index contributed by atoms with van der Waals surface area (Å²) < 4.78 is 12.4. The lowest BCUT2D eigenvalue weighted by atomic mass is 10.0. The number of pyridine rings is 1. The molecule has 0 spiro atoms. The molecule has 1 atom stereocenters. The number of rotatable bonds is 9. The standard InChI is InChI=1S/C23H31N3O4Si/c1-16-10-17(12-21(27)20-13-18(6-7-24-20)23(28)29-2)11-19-14-26(25-22(16)19)15-30-8-9-31(3,4)5/h6-7,10-11,13-14,21,27H,8-9,12,15H2,1-5H3. The van der Waals surface area contributed by atoms with Crippen LogP contribution in [-0.2, 0) is 22.6 Å². The monoisotopic (exact) mass is 441 g/mol. The van der Waals surface area contributed by atoms with Crippen LogP contribution >= 0.6 is 0 Å². The van der Waals surface area contributed by atoms with E-state index in [-0.39, 0.29) is 0 Å². The molecule has 2 heterocycles. The Bertz CT molecular complexity index is 1060. The molecule has 0 aliphatic carbocycles.